The first kappa shape index (κ1) is 25.5. The summed E-state index contributed by atoms with van der Waals surface area (Å²) in [4.78, 5) is 3.38. The van der Waals surface area contributed by atoms with E-state index < -0.39 is 5.66 Å². The van der Waals surface area contributed by atoms with Crippen molar-refractivity contribution in [3.8, 4) is 0 Å². The standard InChI is InChI=1S/C26H26N2.C12H9N/c1-2-17-7-3-5-9-20(17)19-15-24-23-12-11-18-8-4-6-10-21(18)22(23)13-14-25(24)26(27,28)16-19;1-3-7-11-9(5-1)10-6-2-4-8-12(10)13-11/h3-14,19H,2,15-16,27-28H2,1H3;1-8,13H. The van der Waals surface area contributed by atoms with Gasteiger partial charge in [0.15, 0.2) is 0 Å². The van der Waals surface area contributed by atoms with Gasteiger partial charge in [-0.2, -0.15) is 0 Å². The van der Waals surface area contributed by atoms with E-state index in [1.54, 1.807) is 0 Å². The molecular weight excluding hydrogens is 498 g/mol. The average molecular weight is 534 g/mol. The molecule has 7 aromatic rings. The predicted molar refractivity (Wildman–Crippen MR) is 174 cm³/mol. The summed E-state index contributed by atoms with van der Waals surface area (Å²) in [5.74, 6) is 0.343. The number of aromatic amines is 1. The summed E-state index contributed by atoms with van der Waals surface area (Å²) in [6.45, 7) is 2.22. The molecule has 1 atom stereocenters. The zero-order valence-electron chi connectivity index (χ0n) is 23.4. The number of nitrogens with two attached hydrogens (primary N) is 2. The molecule has 1 unspecified atom stereocenters. The number of hydrogen-bond donors (Lipinski definition) is 3. The second-order valence-corrected chi connectivity index (χ2v) is 11.4. The summed E-state index contributed by atoms with van der Waals surface area (Å²) >= 11 is 0. The van der Waals surface area contributed by atoms with Crippen LogP contribution >= 0.6 is 0 Å². The number of para-hydroxylation sites is 2. The second kappa shape index (κ2) is 10.2. The van der Waals surface area contributed by atoms with E-state index in [9.17, 15) is 0 Å². The lowest BCUT2D eigenvalue weighted by molar-refractivity contribution is 0.354. The zero-order valence-corrected chi connectivity index (χ0v) is 23.4. The minimum Gasteiger partial charge on any atom is -0.355 e. The van der Waals surface area contributed by atoms with Crippen molar-refractivity contribution in [2.24, 2.45) is 11.5 Å². The van der Waals surface area contributed by atoms with Crippen molar-refractivity contribution >= 4 is 43.4 Å². The fraction of sp³-hybridized carbons (Fsp3) is 0.158. The van der Waals surface area contributed by atoms with Crippen LogP contribution in [0.4, 0.5) is 0 Å². The Labute approximate surface area is 240 Å². The van der Waals surface area contributed by atoms with Crippen molar-refractivity contribution in [1.82, 2.24) is 4.98 Å². The van der Waals surface area contributed by atoms with Gasteiger partial charge in [0.2, 0.25) is 0 Å². The van der Waals surface area contributed by atoms with Gasteiger partial charge in [-0.25, -0.2) is 0 Å². The van der Waals surface area contributed by atoms with Crippen molar-refractivity contribution in [3.63, 3.8) is 0 Å². The van der Waals surface area contributed by atoms with Gasteiger partial charge in [0.25, 0.3) is 0 Å². The number of rotatable bonds is 2. The van der Waals surface area contributed by atoms with Crippen LogP contribution in [0.2, 0.25) is 0 Å². The summed E-state index contributed by atoms with van der Waals surface area (Å²) in [5.41, 5.74) is 20.2. The Hall–Kier alpha value is -4.44. The molecule has 3 nitrogen and oxygen atoms in total. The van der Waals surface area contributed by atoms with Crippen molar-refractivity contribution in [3.05, 3.63) is 144 Å². The topological polar surface area (TPSA) is 67.8 Å². The maximum absolute atomic E-state index is 6.69. The van der Waals surface area contributed by atoms with Crippen LogP contribution in [0.3, 0.4) is 0 Å². The van der Waals surface area contributed by atoms with Gasteiger partial charge in [-0.3, -0.25) is 0 Å². The summed E-state index contributed by atoms with van der Waals surface area (Å²) in [6.07, 6.45) is 2.79. The molecular formula is C38H35N3. The fourth-order valence-corrected chi connectivity index (χ4v) is 6.92. The molecule has 6 aromatic carbocycles. The zero-order chi connectivity index (χ0) is 28.0. The number of fused-ring (bicyclic) bond motifs is 8. The first-order valence-electron chi connectivity index (χ1n) is 14.6. The molecule has 1 heterocycles. The maximum atomic E-state index is 6.69. The molecule has 0 saturated heterocycles. The van der Waals surface area contributed by atoms with Crippen molar-refractivity contribution in [2.75, 3.05) is 0 Å². The Morgan fingerprint density at radius 3 is 1.98 bits per heavy atom. The van der Waals surface area contributed by atoms with E-state index in [1.807, 2.05) is 0 Å². The van der Waals surface area contributed by atoms with Crippen LogP contribution in [0.15, 0.2) is 121 Å². The number of aryl methyl sites for hydroxylation is 1. The van der Waals surface area contributed by atoms with Gasteiger partial charge >= 0.3 is 0 Å². The van der Waals surface area contributed by atoms with Crippen LogP contribution in [0.25, 0.3) is 43.4 Å². The van der Waals surface area contributed by atoms with Gasteiger partial charge in [-0.15, -0.1) is 0 Å². The molecule has 1 aliphatic carbocycles. The fourth-order valence-electron chi connectivity index (χ4n) is 6.92. The summed E-state index contributed by atoms with van der Waals surface area (Å²) in [6, 6.07) is 42.9. The predicted octanol–water partition coefficient (Wildman–Crippen LogP) is 8.68. The van der Waals surface area contributed by atoms with Crippen molar-refractivity contribution in [1.29, 1.82) is 0 Å². The van der Waals surface area contributed by atoms with E-state index in [0.29, 0.717) is 5.92 Å². The summed E-state index contributed by atoms with van der Waals surface area (Å²) in [7, 11) is 0. The molecule has 3 heteroatoms. The summed E-state index contributed by atoms with van der Waals surface area (Å²) < 4.78 is 0. The highest BCUT2D eigenvalue weighted by Gasteiger charge is 2.36. The normalized spacial score (nSPS) is 16.0. The van der Waals surface area contributed by atoms with Gasteiger partial charge in [-0.1, -0.05) is 116 Å². The molecule has 0 amide bonds. The van der Waals surface area contributed by atoms with E-state index in [1.165, 1.54) is 60.0 Å². The molecule has 0 fully saturated rings. The van der Waals surface area contributed by atoms with Gasteiger partial charge in [0.05, 0.1) is 5.66 Å². The lowest BCUT2D eigenvalue weighted by Crippen LogP contribution is -2.50. The molecule has 5 N–H and O–H groups in total. The third kappa shape index (κ3) is 4.48. The molecule has 202 valence electrons. The van der Waals surface area contributed by atoms with Gasteiger partial charge in [-0.05, 0) is 81.1 Å². The smallest absolute Gasteiger partial charge is 0.0908 e. The third-order valence-corrected chi connectivity index (χ3v) is 8.86. The van der Waals surface area contributed by atoms with Crippen LogP contribution in [0.5, 0.6) is 0 Å². The van der Waals surface area contributed by atoms with Crippen LogP contribution < -0.4 is 11.5 Å². The number of benzene rings is 6. The Bertz CT molecular complexity index is 1980. The van der Waals surface area contributed by atoms with E-state index in [-0.39, 0.29) is 0 Å². The molecule has 1 aliphatic rings. The Morgan fingerprint density at radius 1 is 0.634 bits per heavy atom. The molecule has 41 heavy (non-hydrogen) atoms. The van der Waals surface area contributed by atoms with Crippen LogP contribution in [-0.4, -0.2) is 4.98 Å². The number of H-pyrrole nitrogens is 1. The number of nitrogens with one attached hydrogen (secondary N) is 1. The Morgan fingerprint density at radius 2 is 1.24 bits per heavy atom. The van der Waals surface area contributed by atoms with Crippen LogP contribution in [0.1, 0.15) is 41.5 Å². The first-order chi connectivity index (χ1) is 20.0. The lowest BCUT2D eigenvalue weighted by atomic mass is 9.72. The Balaban J connectivity index is 0.000000176. The Kier molecular flexibility index (Phi) is 6.34. The van der Waals surface area contributed by atoms with E-state index in [2.05, 4.69) is 133 Å². The minimum atomic E-state index is -0.807. The molecule has 0 spiro atoms. The number of hydrogen-bond acceptors (Lipinski definition) is 2. The molecule has 0 radical (unpaired) electrons. The molecule has 0 saturated carbocycles. The van der Waals surface area contributed by atoms with E-state index in [0.717, 1.165) is 24.8 Å². The van der Waals surface area contributed by atoms with Crippen molar-refractivity contribution in [2.45, 2.75) is 37.8 Å². The summed E-state index contributed by atoms with van der Waals surface area (Å²) in [5, 5.41) is 7.74. The van der Waals surface area contributed by atoms with Gasteiger partial charge in [0, 0.05) is 21.8 Å². The largest absolute Gasteiger partial charge is 0.355 e. The maximum Gasteiger partial charge on any atom is 0.0908 e. The monoisotopic (exact) mass is 533 g/mol. The van der Waals surface area contributed by atoms with Gasteiger partial charge in [0.1, 0.15) is 0 Å². The van der Waals surface area contributed by atoms with Crippen LogP contribution in [-0.2, 0) is 18.5 Å². The molecule has 8 rings (SSSR count). The number of aromatic nitrogens is 1. The van der Waals surface area contributed by atoms with Gasteiger partial charge < -0.3 is 16.5 Å². The van der Waals surface area contributed by atoms with E-state index in [4.69, 9.17) is 11.5 Å². The highest BCUT2D eigenvalue weighted by Crippen LogP contribution is 2.43. The SMILES string of the molecule is CCc1ccccc1C1Cc2c(ccc3c2ccc2ccccc23)C(N)(N)C1.c1ccc2c(c1)[nH]c1ccccc12. The lowest BCUT2D eigenvalue weighted by Gasteiger charge is -2.38. The highest BCUT2D eigenvalue weighted by atomic mass is 15.0. The average Bonchev–Trinajstić information content (AvgIpc) is 3.39. The first-order valence-corrected chi connectivity index (χ1v) is 14.6. The quantitative estimate of drug-likeness (QED) is 0.154. The van der Waals surface area contributed by atoms with E-state index >= 15 is 0 Å². The molecule has 0 bridgehead atoms. The van der Waals surface area contributed by atoms with Crippen molar-refractivity contribution < 1.29 is 0 Å². The third-order valence-electron chi connectivity index (χ3n) is 8.86. The van der Waals surface area contributed by atoms with Crippen LogP contribution in [0, 0.1) is 0 Å². The highest BCUT2D eigenvalue weighted by molar-refractivity contribution is 6.09. The molecule has 0 aliphatic heterocycles. The minimum absolute atomic E-state index is 0.343. The molecule has 1 aromatic heterocycles. The second-order valence-electron chi connectivity index (χ2n) is 11.4.